The number of rotatable bonds is 8. The number of hydrogen-bond donors (Lipinski definition) is 2. The van der Waals surface area contributed by atoms with E-state index in [0.29, 0.717) is 37.1 Å². The maximum absolute atomic E-state index is 11.9. The number of hydrogen-bond acceptors (Lipinski definition) is 8. The number of methoxy groups -OCH3 is 1. The minimum absolute atomic E-state index is 0. The molecule has 1 fully saturated rings. The molecule has 172 valence electrons. The number of aromatic nitrogens is 2. The third-order valence-electron chi connectivity index (χ3n) is 5.06. The first-order chi connectivity index (χ1) is 14.7. The van der Waals surface area contributed by atoms with Gasteiger partial charge in [0.1, 0.15) is 35.6 Å². The molecule has 1 saturated heterocycles. The molecule has 1 unspecified atom stereocenters. The van der Waals surface area contributed by atoms with Crippen molar-refractivity contribution in [2.45, 2.75) is 5.54 Å². The van der Waals surface area contributed by atoms with E-state index in [2.05, 4.69) is 20.6 Å². The zero-order chi connectivity index (χ0) is 20.8. The molecule has 2 N–H and O–H groups in total. The van der Waals surface area contributed by atoms with Crippen molar-refractivity contribution < 1.29 is 18.7 Å². The number of amides is 1. The van der Waals surface area contributed by atoms with Gasteiger partial charge in [-0.25, -0.2) is 0 Å². The summed E-state index contributed by atoms with van der Waals surface area (Å²) in [4.78, 5) is 22.2. The summed E-state index contributed by atoms with van der Waals surface area (Å²) >= 11 is 0. The Bertz CT molecular complexity index is 974. The lowest BCUT2D eigenvalue weighted by atomic mass is 9.92. The van der Waals surface area contributed by atoms with Gasteiger partial charge in [-0.3, -0.25) is 9.78 Å². The van der Waals surface area contributed by atoms with Gasteiger partial charge in [0.2, 0.25) is 6.41 Å². The number of benzene rings is 1. The molecule has 32 heavy (non-hydrogen) atoms. The molecule has 0 spiro atoms. The lowest BCUT2D eigenvalue weighted by Crippen LogP contribution is -2.61. The van der Waals surface area contributed by atoms with Gasteiger partial charge in [-0.05, 0) is 36.4 Å². The van der Waals surface area contributed by atoms with E-state index in [0.717, 1.165) is 17.8 Å². The molecule has 2 aromatic heterocycles. The summed E-state index contributed by atoms with van der Waals surface area (Å²) in [6.45, 7) is 1.93. The van der Waals surface area contributed by atoms with E-state index in [4.69, 9.17) is 13.9 Å². The third-order valence-corrected chi connectivity index (χ3v) is 5.06. The maximum Gasteiger partial charge on any atom is 0.299 e. The Balaban J connectivity index is 0.00000181. The van der Waals surface area contributed by atoms with Crippen LogP contribution in [0.25, 0.3) is 0 Å². The van der Waals surface area contributed by atoms with E-state index in [1.807, 2.05) is 30.3 Å². The zero-order valence-corrected chi connectivity index (χ0v) is 19.0. The van der Waals surface area contributed by atoms with Gasteiger partial charge < -0.3 is 29.4 Å². The standard InChI is InChI=1S/C21H23N5O4.2ClH/c1-28-17-6-4-16(5-7-17)24-20-25-19(12-29-20)21(13-23-9-10-26(21)15-27)14-30-18-3-2-8-22-11-18;;/h2-8,11-12,15,23H,9-10,13-14H2,1H3,(H,24,25);2*1H. The number of halogens is 2. The topological polar surface area (TPSA) is 102 Å². The average molecular weight is 482 g/mol. The first-order valence-electron chi connectivity index (χ1n) is 9.56. The molecule has 9 nitrogen and oxygen atoms in total. The van der Waals surface area contributed by atoms with Crippen LogP contribution in [0.3, 0.4) is 0 Å². The van der Waals surface area contributed by atoms with E-state index in [1.54, 1.807) is 36.7 Å². The van der Waals surface area contributed by atoms with Crippen molar-refractivity contribution in [1.29, 1.82) is 0 Å². The van der Waals surface area contributed by atoms with E-state index in [1.165, 1.54) is 0 Å². The van der Waals surface area contributed by atoms with Crippen LogP contribution in [0, 0.1) is 0 Å². The Morgan fingerprint density at radius 3 is 2.75 bits per heavy atom. The van der Waals surface area contributed by atoms with Crippen LogP contribution in [0.2, 0.25) is 0 Å². The number of piperazine rings is 1. The molecular formula is C21H25Cl2N5O4. The summed E-state index contributed by atoms with van der Waals surface area (Å²) in [7, 11) is 1.62. The van der Waals surface area contributed by atoms with Crippen LogP contribution in [0.15, 0.2) is 59.5 Å². The quantitative estimate of drug-likeness (QED) is 0.473. The molecule has 1 aliphatic rings. The highest BCUT2D eigenvalue weighted by molar-refractivity contribution is 5.85. The van der Waals surface area contributed by atoms with Gasteiger partial charge in [0.25, 0.3) is 6.01 Å². The predicted molar refractivity (Wildman–Crippen MR) is 124 cm³/mol. The van der Waals surface area contributed by atoms with Gasteiger partial charge in [0.05, 0.1) is 13.3 Å². The minimum Gasteiger partial charge on any atom is -0.497 e. The van der Waals surface area contributed by atoms with Gasteiger partial charge in [-0.2, -0.15) is 4.98 Å². The number of carbonyl (C=O) groups excluding carboxylic acids is 1. The minimum atomic E-state index is -0.806. The Hall–Kier alpha value is -3.01. The van der Waals surface area contributed by atoms with Gasteiger partial charge in [-0.1, -0.05) is 0 Å². The first-order valence-corrected chi connectivity index (χ1v) is 9.56. The Kier molecular flexibility index (Phi) is 9.13. The molecule has 0 saturated carbocycles. The number of carbonyl (C=O) groups is 1. The lowest BCUT2D eigenvalue weighted by molar-refractivity contribution is -0.127. The zero-order valence-electron chi connectivity index (χ0n) is 17.4. The molecule has 1 aliphatic heterocycles. The van der Waals surface area contributed by atoms with Crippen molar-refractivity contribution in [1.82, 2.24) is 20.2 Å². The molecule has 1 atom stereocenters. The van der Waals surface area contributed by atoms with E-state index >= 15 is 0 Å². The van der Waals surface area contributed by atoms with Crippen LogP contribution in [0.4, 0.5) is 11.7 Å². The van der Waals surface area contributed by atoms with Gasteiger partial charge in [0.15, 0.2) is 0 Å². The molecule has 1 aromatic carbocycles. The number of nitrogens with zero attached hydrogens (tertiary/aromatic N) is 3. The van der Waals surface area contributed by atoms with Crippen molar-refractivity contribution >= 4 is 42.9 Å². The van der Waals surface area contributed by atoms with Crippen LogP contribution in [-0.2, 0) is 10.3 Å². The monoisotopic (exact) mass is 481 g/mol. The second kappa shape index (κ2) is 11.6. The van der Waals surface area contributed by atoms with Crippen molar-refractivity contribution in [3.63, 3.8) is 0 Å². The fourth-order valence-corrected chi connectivity index (χ4v) is 3.39. The Morgan fingerprint density at radius 2 is 2.06 bits per heavy atom. The van der Waals surface area contributed by atoms with Crippen molar-refractivity contribution in [2.75, 3.05) is 38.7 Å². The van der Waals surface area contributed by atoms with Crippen molar-refractivity contribution in [3.05, 3.63) is 60.7 Å². The summed E-state index contributed by atoms with van der Waals surface area (Å²) in [5, 5.41) is 6.46. The normalized spacial score (nSPS) is 17.5. The molecule has 3 aromatic rings. The van der Waals surface area contributed by atoms with E-state index < -0.39 is 5.54 Å². The summed E-state index contributed by atoms with van der Waals surface area (Å²) in [6.07, 6.45) is 5.70. The highest BCUT2D eigenvalue weighted by Gasteiger charge is 2.44. The highest BCUT2D eigenvalue weighted by atomic mass is 35.5. The summed E-state index contributed by atoms with van der Waals surface area (Å²) in [5.74, 6) is 1.38. The third kappa shape index (κ3) is 5.42. The number of oxazole rings is 1. The van der Waals surface area contributed by atoms with Crippen LogP contribution in [0.1, 0.15) is 5.69 Å². The Labute approximate surface area is 198 Å². The van der Waals surface area contributed by atoms with Gasteiger partial charge >= 0.3 is 0 Å². The van der Waals surface area contributed by atoms with Crippen LogP contribution >= 0.6 is 24.8 Å². The maximum atomic E-state index is 11.9. The predicted octanol–water partition coefficient (Wildman–Crippen LogP) is 3.00. The smallest absolute Gasteiger partial charge is 0.299 e. The Morgan fingerprint density at radius 1 is 1.25 bits per heavy atom. The second-order valence-electron chi connectivity index (χ2n) is 6.88. The average Bonchev–Trinajstić information content (AvgIpc) is 3.28. The number of anilines is 2. The van der Waals surface area contributed by atoms with Gasteiger partial charge in [-0.15, -0.1) is 24.8 Å². The summed E-state index contributed by atoms with van der Waals surface area (Å²) in [5.41, 5.74) is 0.597. The highest BCUT2D eigenvalue weighted by Crippen LogP contribution is 2.31. The molecule has 0 bridgehead atoms. The van der Waals surface area contributed by atoms with Crippen LogP contribution in [-0.4, -0.2) is 54.6 Å². The SMILES string of the molecule is COc1ccc(Nc2nc(C3(COc4cccnc4)CNCCN3C=O)co2)cc1.Cl.Cl. The molecule has 3 heterocycles. The molecule has 0 aliphatic carbocycles. The number of pyridine rings is 1. The van der Waals surface area contributed by atoms with E-state index in [-0.39, 0.29) is 31.4 Å². The molecule has 4 rings (SSSR count). The second-order valence-corrected chi connectivity index (χ2v) is 6.88. The van der Waals surface area contributed by atoms with Crippen molar-refractivity contribution in [3.8, 4) is 11.5 Å². The fraction of sp³-hybridized carbons (Fsp3) is 0.286. The largest absolute Gasteiger partial charge is 0.497 e. The van der Waals surface area contributed by atoms with Crippen molar-refractivity contribution in [2.24, 2.45) is 0 Å². The number of ether oxygens (including phenoxy) is 2. The number of nitrogens with one attached hydrogen (secondary N) is 2. The molecule has 1 amide bonds. The molecular weight excluding hydrogens is 457 g/mol. The fourth-order valence-electron chi connectivity index (χ4n) is 3.39. The lowest BCUT2D eigenvalue weighted by Gasteiger charge is -2.43. The van der Waals surface area contributed by atoms with Gasteiger partial charge in [0, 0.05) is 31.5 Å². The summed E-state index contributed by atoms with van der Waals surface area (Å²) in [6, 6.07) is 11.4. The first kappa shape index (κ1) is 25.3. The van der Waals surface area contributed by atoms with Crippen LogP contribution < -0.4 is 20.1 Å². The molecule has 11 heteroatoms. The van der Waals surface area contributed by atoms with Crippen LogP contribution in [0.5, 0.6) is 11.5 Å². The summed E-state index contributed by atoms with van der Waals surface area (Å²) < 4.78 is 16.8. The molecule has 0 radical (unpaired) electrons. The van der Waals surface area contributed by atoms with E-state index in [9.17, 15) is 4.79 Å².